The first kappa shape index (κ1) is 13.6. The van der Waals surface area contributed by atoms with E-state index in [4.69, 9.17) is 9.52 Å². The Balaban J connectivity index is 2.01. The number of carbonyl (C=O) groups excluding carboxylic acids is 1. The van der Waals surface area contributed by atoms with Gasteiger partial charge in [-0.15, -0.1) is 0 Å². The molecule has 1 aliphatic rings. The fraction of sp³-hybridized carbons (Fsp3) is 0.400. The lowest BCUT2D eigenvalue weighted by molar-refractivity contribution is -0.119. The Hall–Kier alpha value is -1.87. The van der Waals surface area contributed by atoms with Crippen molar-refractivity contribution < 1.29 is 27.5 Å². The van der Waals surface area contributed by atoms with E-state index >= 15 is 0 Å². The summed E-state index contributed by atoms with van der Waals surface area (Å²) in [6.07, 6.45) is 0.927. The molecular weight excluding hydrogens is 276 g/mol. The SMILES string of the molecule is O=C1CCC(CNS(=O)(=O)c2ccc(C(=O)O)o2)N1. The van der Waals surface area contributed by atoms with Gasteiger partial charge in [0.2, 0.25) is 16.8 Å². The number of nitrogens with one attached hydrogen (secondary N) is 2. The number of furan rings is 1. The van der Waals surface area contributed by atoms with E-state index in [1.54, 1.807) is 0 Å². The highest BCUT2D eigenvalue weighted by Crippen LogP contribution is 2.14. The first-order valence-corrected chi connectivity index (χ1v) is 6.99. The van der Waals surface area contributed by atoms with E-state index in [2.05, 4.69) is 10.0 Å². The van der Waals surface area contributed by atoms with Gasteiger partial charge in [0.05, 0.1) is 0 Å². The van der Waals surface area contributed by atoms with Gasteiger partial charge in [0, 0.05) is 19.0 Å². The lowest BCUT2D eigenvalue weighted by atomic mass is 10.2. The Labute approximate surface area is 108 Å². The van der Waals surface area contributed by atoms with Crippen LogP contribution in [-0.2, 0) is 14.8 Å². The summed E-state index contributed by atoms with van der Waals surface area (Å²) in [5.74, 6) is -1.91. The van der Waals surface area contributed by atoms with E-state index < -0.39 is 26.8 Å². The van der Waals surface area contributed by atoms with E-state index in [0.29, 0.717) is 12.8 Å². The minimum absolute atomic E-state index is 0.0389. The number of aromatic carboxylic acids is 1. The Morgan fingerprint density at radius 1 is 1.53 bits per heavy atom. The van der Waals surface area contributed by atoms with Crippen LogP contribution in [0.4, 0.5) is 0 Å². The Bertz CT molecular complexity index is 605. The van der Waals surface area contributed by atoms with Gasteiger partial charge in [-0.3, -0.25) is 4.79 Å². The second-order valence-corrected chi connectivity index (χ2v) is 5.78. The molecule has 1 saturated heterocycles. The summed E-state index contributed by atoms with van der Waals surface area (Å²) in [6, 6.07) is 1.88. The fourth-order valence-corrected chi connectivity index (χ4v) is 2.70. The third-order valence-corrected chi connectivity index (χ3v) is 3.96. The molecule has 104 valence electrons. The maximum Gasteiger partial charge on any atom is 0.371 e. The third-order valence-electron chi connectivity index (χ3n) is 2.66. The van der Waals surface area contributed by atoms with Crippen molar-refractivity contribution in [2.24, 2.45) is 0 Å². The highest BCUT2D eigenvalue weighted by molar-refractivity contribution is 7.89. The highest BCUT2D eigenvalue weighted by Gasteiger charge is 2.25. The van der Waals surface area contributed by atoms with Crippen molar-refractivity contribution in [1.82, 2.24) is 10.0 Å². The molecule has 8 nitrogen and oxygen atoms in total. The molecule has 0 aliphatic carbocycles. The summed E-state index contributed by atoms with van der Waals surface area (Å²) >= 11 is 0. The highest BCUT2D eigenvalue weighted by atomic mass is 32.2. The number of carboxylic acid groups (broad SMARTS) is 1. The lowest BCUT2D eigenvalue weighted by Crippen LogP contribution is -2.38. The average Bonchev–Trinajstić information content (AvgIpc) is 2.95. The Kier molecular flexibility index (Phi) is 3.58. The molecule has 2 rings (SSSR count). The molecule has 0 saturated carbocycles. The molecule has 2 heterocycles. The number of carbonyl (C=O) groups is 2. The molecule has 1 fully saturated rings. The zero-order valence-electron chi connectivity index (χ0n) is 9.75. The van der Waals surface area contributed by atoms with Gasteiger partial charge < -0.3 is 14.8 Å². The Morgan fingerprint density at radius 2 is 2.26 bits per heavy atom. The van der Waals surface area contributed by atoms with Crippen LogP contribution in [0, 0.1) is 0 Å². The van der Waals surface area contributed by atoms with E-state index in [1.165, 1.54) is 0 Å². The van der Waals surface area contributed by atoms with Crippen LogP contribution in [-0.4, -0.2) is 38.0 Å². The molecular formula is C10H12N2O6S. The molecule has 1 unspecified atom stereocenters. The number of amides is 1. The Morgan fingerprint density at radius 3 is 2.79 bits per heavy atom. The summed E-state index contributed by atoms with van der Waals surface area (Å²) in [5, 5.41) is 10.8. The van der Waals surface area contributed by atoms with E-state index in [1.807, 2.05) is 0 Å². The molecule has 1 aromatic heterocycles. The van der Waals surface area contributed by atoms with Gasteiger partial charge in [0.1, 0.15) is 0 Å². The maximum atomic E-state index is 11.8. The smallest absolute Gasteiger partial charge is 0.371 e. The summed E-state index contributed by atoms with van der Waals surface area (Å²) in [5.41, 5.74) is 0. The van der Waals surface area contributed by atoms with Gasteiger partial charge in [-0.05, 0) is 18.6 Å². The fourth-order valence-electron chi connectivity index (χ4n) is 1.69. The van der Waals surface area contributed by atoms with Crippen molar-refractivity contribution in [3.63, 3.8) is 0 Å². The van der Waals surface area contributed by atoms with Crippen LogP contribution >= 0.6 is 0 Å². The van der Waals surface area contributed by atoms with Gasteiger partial charge in [-0.25, -0.2) is 17.9 Å². The monoisotopic (exact) mass is 288 g/mol. The van der Waals surface area contributed by atoms with E-state index in [9.17, 15) is 18.0 Å². The quantitative estimate of drug-likeness (QED) is 0.672. The van der Waals surface area contributed by atoms with Crippen molar-refractivity contribution in [2.75, 3.05) is 6.54 Å². The molecule has 0 radical (unpaired) electrons. The molecule has 9 heteroatoms. The topological polar surface area (TPSA) is 126 Å². The van der Waals surface area contributed by atoms with Gasteiger partial charge in [0.25, 0.3) is 10.0 Å². The van der Waals surface area contributed by atoms with E-state index in [-0.39, 0.29) is 18.5 Å². The molecule has 0 aromatic carbocycles. The molecule has 3 N–H and O–H groups in total. The van der Waals surface area contributed by atoms with Crippen molar-refractivity contribution in [2.45, 2.75) is 24.0 Å². The second-order valence-electron chi connectivity index (χ2n) is 4.08. The molecule has 0 spiro atoms. The predicted octanol–water partition coefficient (Wildman–Crippen LogP) is -0.465. The zero-order valence-corrected chi connectivity index (χ0v) is 10.6. The average molecular weight is 288 g/mol. The second kappa shape index (κ2) is 5.02. The van der Waals surface area contributed by atoms with Gasteiger partial charge in [0.15, 0.2) is 0 Å². The summed E-state index contributed by atoms with van der Waals surface area (Å²) in [6.45, 7) is 0.0389. The van der Waals surface area contributed by atoms with Crippen LogP contribution in [0.5, 0.6) is 0 Å². The van der Waals surface area contributed by atoms with Crippen molar-refractivity contribution in [1.29, 1.82) is 0 Å². The largest absolute Gasteiger partial charge is 0.475 e. The minimum atomic E-state index is -3.91. The number of hydrogen-bond donors (Lipinski definition) is 3. The van der Waals surface area contributed by atoms with Crippen LogP contribution in [0.25, 0.3) is 0 Å². The minimum Gasteiger partial charge on any atom is -0.475 e. The number of carboxylic acids is 1. The van der Waals surface area contributed by atoms with Crippen molar-refractivity contribution >= 4 is 21.9 Å². The van der Waals surface area contributed by atoms with Crippen LogP contribution in [0.3, 0.4) is 0 Å². The third kappa shape index (κ3) is 3.12. The molecule has 1 amide bonds. The van der Waals surface area contributed by atoms with Crippen LogP contribution in [0.1, 0.15) is 23.4 Å². The van der Waals surface area contributed by atoms with Gasteiger partial charge in [-0.1, -0.05) is 0 Å². The molecule has 19 heavy (non-hydrogen) atoms. The first-order chi connectivity index (χ1) is 8.88. The maximum absolute atomic E-state index is 11.8. The number of sulfonamides is 1. The summed E-state index contributed by atoms with van der Waals surface area (Å²) in [7, 11) is -3.91. The standard InChI is InChI=1S/C10H12N2O6S/c13-8-3-1-6(12-8)5-11-19(16,17)9-4-2-7(18-9)10(14)15/h2,4,6,11H,1,3,5H2,(H,12,13)(H,14,15). The number of hydrogen-bond acceptors (Lipinski definition) is 5. The van der Waals surface area contributed by atoms with Crippen LogP contribution < -0.4 is 10.0 Å². The predicted molar refractivity (Wildman–Crippen MR) is 62.0 cm³/mol. The van der Waals surface area contributed by atoms with E-state index in [0.717, 1.165) is 12.1 Å². The van der Waals surface area contributed by atoms with Crippen molar-refractivity contribution in [3.8, 4) is 0 Å². The van der Waals surface area contributed by atoms with Crippen LogP contribution in [0.2, 0.25) is 0 Å². The normalized spacial score (nSPS) is 19.4. The van der Waals surface area contributed by atoms with Gasteiger partial charge in [-0.2, -0.15) is 0 Å². The summed E-state index contributed by atoms with van der Waals surface area (Å²) < 4.78 is 30.6. The van der Waals surface area contributed by atoms with Crippen LogP contribution in [0.15, 0.2) is 21.6 Å². The number of rotatable bonds is 5. The zero-order chi connectivity index (χ0) is 14.0. The molecule has 1 aromatic rings. The molecule has 0 bridgehead atoms. The van der Waals surface area contributed by atoms with Crippen molar-refractivity contribution in [3.05, 3.63) is 17.9 Å². The van der Waals surface area contributed by atoms with Gasteiger partial charge >= 0.3 is 5.97 Å². The lowest BCUT2D eigenvalue weighted by Gasteiger charge is -2.10. The molecule has 1 atom stereocenters. The first-order valence-electron chi connectivity index (χ1n) is 5.50. The summed E-state index contributed by atoms with van der Waals surface area (Å²) in [4.78, 5) is 21.5. The molecule has 1 aliphatic heterocycles.